The van der Waals surface area contributed by atoms with Crippen molar-refractivity contribution in [3.05, 3.63) is 172 Å². The summed E-state index contributed by atoms with van der Waals surface area (Å²) in [4.78, 5) is 2.76. The van der Waals surface area contributed by atoms with Crippen LogP contribution in [-0.2, 0) is 27.1 Å². The van der Waals surface area contributed by atoms with Crippen molar-refractivity contribution in [2.75, 3.05) is 4.81 Å². The van der Waals surface area contributed by atoms with Gasteiger partial charge in [-0.25, -0.2) is 0 Å². The number of hydrogen-bond acceptors (Lipinski definition) is 2. The van der Waals surface area contributed by atoms with Gasteiger partial charge in [-0.05, 0) is 161 Å². The third-order valence-electron chi connectivity index (χ3n) is 18.6. The predicted molar refractivity (Wildman–Crippen MR) is 302 cm³/mol. The highest BCUT2D eigenvalue weighted by Crippen LogP contribution is 2.58. The molecule has 0 N–H and O–H groups in total. The Bertz CT molecular complexity index is 4050. The van der Waals surface area contributed by atoms with Crippen LogP contribution in [0, 0.1) is 0 Å². The van der Waals surface area contributed by atoms with E-state index in [1.807, 2.05) is 11.3 Å². The summed E-state index contributed by atoms with van der Waals surface area (Å²) >= 11 is 1.93. The lowest BCUT2D eigenvalue weighted by Crippen LogP contribution is -2.60. The normalized spacial score (nSPS) is 17.9. The van der Waals surface area contributed by atoms with Crippen molar-refractivity contribution in [3.8, 4) is 39.1 Å². The Kier molecular flexibility index (Phi) is 7.66. The molecule has 2 aromatic heterocycles. The zero-order valence-corrected chi connectivity index (χ0v) is 43.3. The van der Waals surface area contributed by atoms with Gasteiger partial charge in [-0.15, -0.1) is 11.3 Å². The van der Waals surface area contributed by atoms with Crippen molar-refractivity contribution in [1.82, 2.24) is 4.57 Å². The van der Waals surface area contributed by atoms with E-state index in [-0.39, 0.29) is 33.9 Å². The maximum Gasteiger partial charge on any atom is 0.333 e. The largest absolute Gasteiger partial charge is 0.376 e. The molecule has 0 atom stereocenters. The Hall–Kier alpha value is -6.36. The molecule has 0 unspecified atom stereocenters. The molecule has 0 saturated heterocycles. The third kappa shape index (κ3) is 5.06. The van der Waals surface area contributed by atoms with Crippen molar-refractivity contribution < 1.29 is 0 Å². The highest BCUT2D eigenvalue weighted by molar-refractivity contribution is 7.26. The molecule has 8 aromatic carbocycles. The Morgan fingerprint density at radius 1 is 0.471 bits per heavy atom. The first-order chi connectivity index (χ1) is 33.3. The molecule has 0 saturated carbocycles. The lowest BCUT2D eigenvalue weighted by atomic mass is 9.44. The van der Waals surface area contributed by atoms with Crippen LogP contribution < -0.4 is 15.7 Å². The van der Waals surface area contributed by atoms with Gasteiger partial charge >= 0.3 is 6.85 Å². The molecule has 4 heteroatoms. The average Bonchev–Trinajstić information content (AvgIpc) is 4.00. The molecular weight excluding hydrogens is 864 g/mol. The molecule has 2 nitrogen and oxygen atoms in total. The van der Waals surface area contributed by atoms with Gasteiger partial charge in [-0.3, -0.25) is 0 Å². The van der Waals surface area contributed by atoms with Crippen LogP contribution in [0.2, 0.25) is 0 Å². The fraction of sp³-hybridized carbons (Fsp3) is 0.273. The van der Waals surface area contributed by atoms with Gasteiger partial charge in [0.1, 0.15) is 0 Å². The number of anilines is 2. The summed E-state index contributed by atoms with van der Waals surface area (Å²) < 4.78 is 5.37. The second-order valence-electron chi connectivity index (χ2n) is 25.2. The van der Waals surface area contributed by atoms with Crippen LogP contribution in [-0.4, -0.2) is 11.4 Å². The Morgan fingerprint density at radius 2 is 1.11 bits per heavy atom. The second-order valence-corrected chi connectivity index (χ2v) is 26.3. The molecule has 0 radical (unpaired) electrons. The number of benzene rings is 8. The van der Waals surface area contributed by atoms with Crippen LogP contribution in [0.1, 0.15) is 128 Å². The number of fused-ring (bicyclic) bond motifs is 18. The molecule has 2 aliphatic heterocycles. The van der Waals surface area contributed by atoms with Gasteiger partial charge in [0.05, 0.1) is 11.0 Å². The zero-order valence-electron chi connectivity index (χ0n) is 42.5. The molecule has 15 rings (SSSR count). The monoisotopic (exact) mass is 922 g/mol. The summed E-state index contributed by atoms with van der Waals surface area (Å²) in [6.45, 7) is 26.6. The molecule has 4 heterocycles. The van der Waals surface area contributed by atoms with Crippen LogP contribution >= 0.6 is 11.3 Å². The molecule has 10 aromatic rings. The van der Waals surface area contributed by atoms with E-state index >= 15 is 0 Å². The Morgan fingerprint density at radius 3 is 1.89 bits per heavy atom. The lowest BCUT2D eigenvalue weighted by molar-refractivity contribution is 0.331. The van der Waals surface area contributed by atoms with E-state index in [9.17, 15) is 0 Å². The maximum atomic E-state index is 2.76. The third-order valence-corrected chi connectivity index (χ3v) is 19.7. The maximum absolute atomic E-state index is 2.76. The van der Waals surface area contributed by atoms with E-state index in [1.165, 1.54) is 150 Å². The van der Waals surface area contributed by atoms with Crippen molar-refractivity contribution in [3.63, 3.8) is 0 Å². The summed E-state index contributed by atoms with van der Waals surface area (Å²) in [6, 6.07) is 53.6. The predicted octanol–water partition coefficient (Wildman–Crippen LogP) is 16.6. The summed E-state index contributed by atoms with van der Waals surface area (Å²) in [5, 5.41) is 5.37. The van der Waals surface area contributed by atoms with Gasteiger partial charge in [0.15, 0.2) is 0 Å². The molecule has 0 amide bonds. The van der Waals surface area contributed by atoms with Crippen LogP contribution in [0.15, 0.2) is 133 Å². The van der Waals surface area contributed by atoms with Crippen molar-refractivity contribution >= 4 is 82.5 Å². The van der Waals surface area contributed by atoms with Gasteiger partial charge < -0.3 is 9.38 Å². The molecule has 3 aliphatic carbocycles. The summed E-state index contributed by atoms with van der Waals surface area (Å²) in [5.74, 6) is 0. The fourth-order valence-electron chi connectivity index (χ4n) is 14.5. The van der Waals surface area contributed by atoms with Gasteiger partial charge in [-0.1, -0.05) is 155 Å². The number of hydrogen-bond donors (Lipinski definition) is 0. The Balaban J connectivity index is 1.08. The van der Waals surface area contributed by atoms with E-state index in [4.69, 9.17) is 0 Å². The SMILES string of the molecule is CC(C)(C)c1ccc(N2B3c4cc5c(cc4-n4c6cc7c(cc6c6ccc(c3c64)-c3cc4c(cc32)-c2cc3c(cc2C4(C)C)C(C)(C)CCC3(C)C)C(C)(C)c2ccccc2-7)sc2ccccc25)cc1. The standard InChI is InChI=1S/C66H59BN2S/c1-62(2,3)36-20-22-37(23-21-36)69-56-33-44-42-28-52-53(64(6,7)27-26-63(52,4)5)34-51(42)66(10,11)50(44)29-45(56)40-24-25-41-46-30-49-43(38-16-12-14-18-48(38)65(49,8)9)32-55(46)68-57-35-59-47(39-17-13-15-19-58(39)70-59)31-54(57)67(69)60(40)61(41)68/h12-25,28-35H,26-27H2,1-11H3. The van der Waals surface area contributed by atoms with E-state index in [2.05, 4.69) is 219 Å². The van der Waals surface area contributed by atoms with Gasteiger partial charge in [0.2, 0.25) is 0 Å². The van der Waals surface area contributed by atoms with Crippen LogP contribution in [0.25, 0.3) is 81.0 Å². The minimum atomic E-state index is -0.166. The molecule has 5 aliphatic rings. The summed E-state index contributed by atoms with van der Waals surface area (Å²) in [5.41, 5.74) is 27.7. The zero-order chi connectivity index (χ0) is 47.9. The van der Waals surface area contributed by atoms with Crippen molar-refractivity contribution in [2.45, 2.75) is 116 Å². The number of rotatable bonds is 1. The average molecular weight is 923 g/mol. The first-order valence-electron chi connectivity index (χ1n) is 25.8. The van der Waals surface area contributed by atoms with E-state index in [0.717, 1.165) is 0 Å². The van der Waals surface area contributed by atoms with Gasteiger partial charge in [0.25, 0.3) is 0 Å². The minimum Gasteiger partial charge on any atom is -0.376 e. The van der Waals surface area contributed by atoms with E-state index < -0.39 is 0 Å². The highest BCUT2D eigenvalue weighted by Gasteiger charge is 2.48. The van der Waals surface area contributed by atoms with Crippen molar-refractivity contribution in [2.24, 2.45) is 0 Å². The first-order valence-corrected chi connectivity index (χ1v) is 26.6. The first kappa shape index (κ1) is 41.4. The van der Waals surface area contributed by atoms with Gasteiger partial charge in [-0.2, -0.15) is 0 Å². The second kappa shape index (κ2) is 12.9. The van der Waals surface area contributed by atoms with Crippen LogP contribution in [0.3, 0.4) is 0 Å². The number of nitrogens with zero attached hydrogens (tertiary/aromatic N) is 2. The quantitative estimate of drug-likeness (QED) is 0.149. The highest BCUT2D eigenvalue weighted by atomic mass is 32.1. The smallest absolute Gasteiger partial charge is 0.333 e. The molecule has 0 fully saturated rings. The summed E-state index contributed by atoms with van der Waals surface area (Å²) in [7, 11) is 0. The summed E-state index contributed by atoms with van der Waals surface area (Å²) in [6.07, 6.45) is 2.41. The van der Waals surface area contributed by atoms with E-state index in [1.54, 1.807) is 5.56 Å². The lowest BCUT2D eigenvalue weighted by Gasteiger charge is -2.42. The van der Waals surface area contributed by atoms with Crippen LogP contribution in [0.5, 0.6) is 0 Å². The van der Waals surface area contributed by atoms with Crippen molar-refractivity contribution in [1.29, 1.82) is 0 Å². The molecule has 70 heavy (non-hydrogen) atoms. The number of aromatic nitrogens is 1. The molecule has 342 valence electrons. The molecule has 0 bridgehead atoms. The Labute approximate surface area is 417 Å². The topological polar surface area (TPSA) is 8.17 Å². The van der Waals surface area contributed by atoms with E-state index in [0.29, 0.717) is 0 Å². The minimum absolute atomic E-state index is 0.0358. The molecular formula is C66H59BN2S. The van der Waals surface area contributed by atoms with Crippen LogP contribution in [0.4, 0.5) is 11.4 Å². The number of thiophene rings is 1. The van der Waals surface area contributed by atoms with Gasteiger partial charge in [0, 0.05) is 64.4 Å². The fourth-order valence-corrected chi connectivity index (χ4v) is 15.6. The molecule has 0 spiro atoms.